The van der Waals surface area contributed by atoms with Crippen LogP contribution in [0.1, 0.15) is 5.56 Å². The summed E-state index contributed by atoms with van der Waals surface area (Å²) in [5, 5.41) is 15.2. The number of alkyl halides is 2. The maximum atomic E-state index is 12.9. The summed E-state index contributed by atoms with van der Waals surface area (Å²) in [5.41, 5.74) is 2.61. The van der Waals surface area contributed by atoms with E-state index in [9.17, 15) is 27.3 Å². The fraction of sp³-hybridized carbons (Fsp3) is 0.0500. The van der Waals surface area contributed by atoms with Crippen molar-refractivity contribution in [2.45, 2.75) is 11.5 Å². The molecular formula is C20H15ClF2N4O5S. The number of benzene rings is 3. The lowest BCUT2D eigenvalue weighted by atomic mass is 10.2. The zero-order valence-corrected chi connectivity index (χ0v) is 18.1. The van der Waals surface area contributed by atoms with E-state index in [4.69, 9.17) is 11.6 Å². The number of hydrazone groups is 1. The Morgan fingerprint density at radius 3 is 2.39 bits per heavy atom. The second-order valence-corrected chi connectivity index (χ2v) is 8.40. The standard InChI is InChI=1S/C20H15ClF2N4O5S/c21-16-3-1-2-4-17(16)26-33(30,31)19-11-14(27(28)29)7-10-18(19)25-24-12-13-5-8-15(9-6-13)32-20(22)23/h1-12,20,25-26H. The van der Waals surface area contributed by atoms with Gasteiger partial charge in [0.1, 0.15) is 10.6 Å². The number of non-ortho nitro benzene ring substituents is 1. The first-order valence-corrected chi connectivity index (χ1v) is 10.9. The van der Waals surface area contributed by atoms with Crippen molar-refractivity contribution >= 4 is 44.9 Å². The minimum atomic E-state index is -4.30. The van der Waals surface area contributed by atoms with E-state index in [2.05, 4.69) is 20.0 Å². The van der Waals surface area contributed by atoms with Gasteiger partial charge >= 0.3 is 6.61 Å². The third-order valence-electron chi connectivity index (χ3n) is 4.09. The van der Waals surface area contributed by atoms with Gasteiger partial charge in [0.2, 0.25) is 0 Å². The van der Waals surface area contributed by atoms with Gasteiger partial charge in [0.05, 0.1) is 27.5 Å². The minimum absolute atomic E-state index is 0.0375. The number of anilines is 2. The number of para-hydroxylation sites is 1. The number of nitro groups is 1. The maximum Gasteiger partial charge on any atom is 0.387 e. The predicted molar refractivity (Wildman–Crippen MR) is 120 cm³/mol. The normalized spacial score (nSPS) is 11.5. The Morgan fingerprint density at radius 1 is 1.06 bits per heavy atom. The monoisotopic (exact) mass is 496 g/mol. The number of ether oxygens (including phenoxy) is 1. The summed E-state index contributed by atoms with van der Waals surface area (Å²) in [6.07, 6.45) is 1.30. The van der Waals surface area contributed by atoms with Crippen molar-refractivity contribution in [3.63, 3.8) is 0 Å². The number of hydrogen-bond donors (Lipinski definition) is 2. The Labute approximate surface area is 191 Å². The number of nitrogens with one attached hydrogen (secondary N) is 2. The number of nitro benzene ring substituents is 1. The van der Waals surface area contributed by atoms with Gasteiger partial charge in [-0.2, -0.15) is 13.9 Å². The van der Waals surface area contributed by atoms with Crippen molar-refractivity contribution in [1.29, 1.82) is 0 Å². The summed E-state index contributed by atoms with van der Waals surface area (Å²) >= 11 is 6.00. The van der Waals surface area contributed by atoms with Crippen molar-refractivity contribution in [2.24, 2.45) is 5.10 Å². The zero-order valence-electron chi connectivity index (χ0n) is 16.5. The van der Waals surface area contributed by atoms with Crippen molar-refractivity contribution in [1.82, 2.24) is 0 Å². The van der Waals surface area contributed by atoms with Gasteiger partial charge in [-0.25, -0.2) is 8.42 Å². The molecular weight excluding hydrogens is 482 g/mol. The molecule has 2 N–H and O–H groups in total. The number of nitrogens with zero attached hydrogens (tertiary/aromatic N) is 2. The largest absolute Gasteiger partial charge is 0.435 e. The molecule has 3 aromatic carbocycles. The molecule has 0 aliphatic rings. The quantitative estimate of drug-likeness (QED) is 0.241. The Bertz CT molecular complexity index is 1290. The van der Waals surface area contributed by atoms with Gasteiger partial charge in [-0.15, -0.1) is 0 Å². The predicted octanol–water partition coefficient (Wildman–Crippen LogP) is 5.10. The molecule has 0 aliphatic heterocycles. The van der Waals surface area contributed by atoms with E-state index >= 15 is 0 Å². The van der Waals surface area contributed by atoms with Crippen LogP contribution >= 0.6 is 11.6 Å². The molecule has 0 aromatic heterocycles. The molecule has 0 heterocycles. The molecule has 9 nitrogen and oxygen atoms in total. The smallest absolute Gasteiger partial charge is 0.387 e. The van der Waals surface area contributed by atoms with Crippen LogP contribution in [0.4, 0.5) is 25.8 Å². The van der Waals surface area contributed by atoms with Crippen molar-refractivity contribution < 1.29 is 26.9 Å². The minimum Gasteiger partial charge on any atom is -0.435 e. The highest BCUT2D eigenvalue weighted by Gasteiger charge is 2.23. The average Bonchev–Trinajstić information content (AvgIpc) is 2.76. The molecule has 0 fully saturated rings. The Kier molecular flexibility index (Phi) is 7.41. The Morgan fingerprint density at radius 2 is 1.76 bits per heavy atom. The summed E-state index contributed by atoms with van der Waals surface area (Å²) in [6, 6.07) is 14.8. The van der Waals surface area contributed by atoms with Crippen LogP contribution in [0.3, 0.4) is 0 Å². The SMILES string of the molecule is O=[N+]([O-])c1ccc(NN=Cc2ccc(OC(F)F)cc2)c(S(=O)(=O)Nc2ccccc2Cl)c1. The maximum absolute atomic E-state index is 12.9. The van der Waals surface area contributed by atoms with Crippen LogP contribution < -0.4 is 14.9 Å². The molecule has 3 aromatic rings. The highest BCUT2D eigenvalue weighted by atomic mass is 35.5. The molecule has 0 spiro atoms. The second kappa shape index (κ2) is 10.2. The molecule has 33 heavy (non-hydrogen) atoms. The van der Waals surface area contributed by atoms with Crippen LogP contribution in [0.2, 0.25) is 5.02 Å². The highest BCUT2D eigenvalue weighted by molar-refractivity contribution is 7.93. The number of rotatable bonds is 9. The van der Waals surface area contributed by atoms with Gasteiger partial charge in [0, 0.05) is 12.1 Å². The first-order valence-electron chi connectivity index (χ1n) is 9.05. The van der Waals surface area contributed by atoms with Crippen LogP contribution in [-0.2, 0) is 10.0 Å². The number of sulfonamides is 1. The summed E-state index contributed by atoms with van der Waals surface area (Å²) in [5.74, 6) is -0.0375. The Hall–Kier alpha value is -3.77. The van der Waals surface area contributed by atoms with Crippen molar-refractivity contribution in [2.75, 3.05) is 10.1 Å². The van der Waals surface area contributed by atoms with E-state index < -0.39 is 32.1 Å². The van der Waals surface area contributed by atoms with E-state index in [1.807, 2.05) is 0 Å². The molecule has 0 aliphatic carbocycles. The van der Waals surface area contributed by atoms with E-state index in [1.54, 1.807) is 12.1 Å². The molecule has 3 rings (SSSR count). The summed E-state index contributed by atoms with van der Waals surface area (Å²) in [7, 11) is -4.30. The first kappa shape index (κ1) is 23.9. The van der Waals surface area contributed by atoms with E-state index in [0.717, 1.165) is 12.1 Å². The molecule has 0 radical (unpaired) electrons. The topological polar surface area (TPSA) is 123 Å². The van der Waals surface area contributed by atoms with Crippen LogP contribution in [0.5, 0.6) is 5.75 Å². The third kappa shape index (κ3) is 6.37. The molecule has 0 saturated carbocycles. The second-order valence-electron chi connectivity index (χ2n) is 6.34. The fourth-order valence-corrected chi connectivity index (χ4v) is 4.09. The van der Waals surface area contributed by atoms with Crippen LogP contribution in [0.15, 0.2) is 76.7 Å². The third-order valence-corrected chi connectivity index (χ3v) is 5.82. The number of halogens is 3. The molecule has 0 unspecified atom stereocenters. The van der Waals surface area contributed by atoms with E-state index in [0.29, 0.717) is 5.56 Å². The number of hydrogen-bond acceptors (Lipinski definition) is 7. The van der Waals surface area contributed by atoms with Crippen molar-refractivity contribution in [3.05, 3.63) is 87.4 Å². The van der Waals surface area contributed by atoms with Gasteiger partial charge in [-0.3, -0.25) is 20.3 Å². The molecule has 172 valence electrons. The summed E-state index contributed by atoms with van der Waals surface area (Å²) in [4.78, 5) is 9.99. The van der Waals surface area contributed by atoms with Crippen LogP contribution in [0, 0.1) is 10.1 Å². The first-order chi connectivity index (χ1) is 15.7. The van der Waals surface area contributed by atoms with Gasteiger partial charge < -0.3 is 4.74 Å². The van der Waals surface area contributed by atoms with E-state index in [1.165, 1.54) is 48.7 Å². The van der Waals surface area contributed by atoms with Crippen LogP contribution in [-0.4, -0.2) is 26.2 Å². The van der Waals surface area contributed by atoms with Crippen LogP contribution in [0.25, 0.3) is 0 Å². The van der Waals surface area contributed by atoms with E-state index in [-0.39, 0.29) is 22.1 Å². The summed E-state index contributed by atoms with van der Waals surface area (Å²) in [6.45, 7) is -2.95. The molecule has 0 amide bonds. The van der Waals surface area contributed by atoms with Gasteiger partial charge in [0.15, 0.2) is 0 Å². The Balaban J connectivity index is 1.87. The summed E-state index contributed by atoms with van der Waals surface area (Å²) < 4.78 is 56.9. The van der Waals surface area contributed by atoms with Gasteiger partial charge in [0.25, 0.3) is 15.7 Å². The average molecular weight is 497 g/mol. The highest BCUT2D eigenvalue weighted by Crippen LogP contribution is 2.30. The molecule has 0 atom stereocenters. The molecule has 0 saturated heterocycles. The lowest BCUT2D eigenvalue weighted by molar-refractivity contribution is -0.385. The fourth-order valence-electron chi connectivity index (χ4n) is 2.59. The lowest BCUT2D eigenvalue weighted by Crippen LogP contribution is -2.15. The lowest BCUT2D eigenvalue weighted by Gasteiger charge is -2.13. The van der Waals surface area contributed by atoms with Crippen molar-refractivity contribution in [3.8, 4) is 5.75 Å². The van der Waals surface area contributed by atoms with Gasteiger partial charge in [-0.05, 0) is 48.0 Å². The molecule has 13 heteroatoms. The van der Waals surface area contributed by atoms with Gasteiger partial charge in [-0.1, -0.05) is 23.7 Å². The molecule has 0 bridgehead atoms. The zero-order chi connectivity index (χ0) is 24.0.